The maximum absolute atomic E-state index is 4.61. The molecule has 1 fully saturated rings. The first-order valence-corrected chi connectivity index (χ1v) is 7.66. The molecule has 0 aliphatic carbocycles. The van der Waals surface area contributed by atoms with Gasteiger partial charge in [-0.05, 0) is 32.0 Å². The fraction of sp³-hybridized carbons (Fsp3) is 0.429. The number of nitrogens with one attached hydrogen (secondary N) is 2. The number of benzene rings is 1. The molecule has 0 saturated carbocycles. The molecule has 0 radical (unpaired) electrons. The Bertz CT molecular complexity index is 557. The summed E-state index contributed by atoms with van der Waals surface area (Å²) in [5.41, 5.74) is 1.05. The summed E-state index contributed by atoms with van der Waals surface area (Å²) in [6.07, 6.45) is 2.28. The normalized spacial score (nSPS) is 16.6. The van der Waals surface area contributed by atoms with E-state index in [9.17, 15) is 0 Å². The van der Waals surface area contributed by atoms with Crippen molar-refractivity contribution in [2.75, 3.05) is 25.0 Å². The standard InChI is InChI=1S/C14H18BrN5/c1-16-12-6-8-20(9-7-12)14-17-13(18-19-14)10-2-4-11(15)5-3-10/h2-5,12,16H,6-9H2,1H3,(H,17,18,19). The molecule has 2 heterocycles. The molecule has 20 heavy (non-hydrogen) atoms. The van der Waals surface area contributed by atoms with Crippen molar-refractivity contribution in [3.63, 3.8) is 0 Å². The number of anilines is 1. The van der Waals surface area contributed by atoms with Crippen LogP contribution in [0.3, 0.4) is 0 Å². The van der Waals surface area contributed by atoms with E-state index in [4.69, 9.17) is 0 Å². The molecule has 1 aliphatic heterocycles. The van der Waals surface area contributed by atoms with Crippen molar-refractivity contribution in [2.45, 2.75) is 18.9 Å². The van der Waals surface area contributed by atoms with Crippen molar-refractivity contribution < 1.29 is 0 Å². The predicted octanol–water partition coefficient (Wildman–Crippen LogP) is 2.42. The molecule has 2 N–H and O–H groups in total. The van der Waals surface area contributed by atoms with E-state index in [-0.39, 0.29) is 0 Å². The number of nitrogens with zero attached hydrogens (tertiary/aromatic N) is 3. The highest BCUT2D eigenvalue weighted by Crippen LogP contribution is 2.21. The van der Waals surface area contributed by atoms with Gasteiger partial charge in [-0.3, -0.25) is 5.10 Å². The van der Waals surface area contributed by atoms with Gasteiger partial charge in [0.2, 0.25) is 5.95 Å². The summed E-state index contributed by atoms with van der Waals surface area (Å²) in [7, 11) is 2.03. The summed E-state index contributed by atoms with van der Waals surface area (Å²) >= 11 is 3.44. The lowest BCUT2D eigenvalue weighted by molar-refractivity contribution is 0.439. The molecule has 1 aromatic carbocycles. The van der Waals surface area contributed by atoms with Gasteiger partial charge in [0.25, 0.3) is 0 Å². The van der Waals surface area contributed by atoms with E-state index in [2.05, 4.69) is 41.3 Å². The first-order valence-electron chi connectivity index (χ1n) is 6.87. The molecule has 2 aromatic rings. The zero-order valence-corrected chi connectivity index (χ0v) is 13.0. The summed E-state index contributed by atoms with van der Waals surface area (Å²) in [6, 6.07) is 8.70. The fourth-order valence-corrected chi connectivity index (χ4v) is 2.76. The van der Waals surface area contributed by atoms with Gasteiger partial charge in [-0.25, -0.2) is 0 Å². The minimum Gasteiger partial charge on any atom is -0.339 e. The monoisotopic (exact) mass is 335 g/mol. The highest BCUT2D eigenvalue weighted by Gasteiger charge is 2.20. The molecular formula is C14H18BrN5. The SMILES string of the molecule is CNC1CCN(c2n[nH]c(-c3ccc(Br)cc3)n2)CC1. The summed E-state index contributed by atoms with van der Waals surface area (Å²) in [4.78, 5) is 6.85. The molecule has 0 unspecified atom stereocenters. The minimum atomic E-state index is 0.621. The van der Waals surface area contributed by atoms with Crippen molar-refractivity contribution in [1.82, 2.24) is 20.5 Å². The molecule has 0 bridgehead atoms. The van der Waals surface area contributed by atoms with Gasteiger partial charge < -0.3 is 10.2 Å². The van der Waals surface area contributed by atoms with Gasteiger partial charge in [0.1, 0.15) is 0 Å². The Hall–Kier alpha value is -1.40. The van der Waals surface area contributed by atoms with Gasteiger partial charge in [0.15, 0.2) is 5.82 Å². The topological polar surface area (TPSA) is 56.8 Å². The van der Waals surface area contributed by atoms with Crippen LogP contribution in [0.25, 0.3) is 11.4 Å². The number of H-pyrrole nitrogens is 1. The molecule has 1 aliphatic rings. The van der Waals surface area contributed by atoms with Gasteiger partial charge in [-0.15, -0.1) is 5.10 Å². The van der Waals surface area contributed by atoms with Crippen molar-refractivity contribution in [3.8, 4) is 11.4 Å². The maximum atomic E-state index is 4.61. The lowest BCUT2D eigenvalue weighted by Crippen LogP contribution is -2.41. The Morgan fingerprint density at radius 3 is 2.60 bits per heavy atom. The van der Waals surface area contributed by atoms with E-state index in [1.807, 2.05) is 31.3 Å². The Labute approximate surface area is 126 Å². The molecule has 106 valence electrons. The first-order chi connectivity index (χ1) is 9.76. The van der Waals surface area contributed by atoms with E-state index in [1.54, 1.807) is 0 Å². The molecular weight excluding hydrogens is 318 g/mol. The zero-order chi connectivity index (χ0) is 13.9. The van der Waals surface area contributed by atoms with Crippen molar-refractivity contribution in [1.29, 1.82) is 0 Å². The highest BCUT2D eigenvalue weighted by atomic mass is 79.9. The van der Waals surface area contributed by atoms with E-state index < -0.39 is 0 Å². The summed E-state index contributed by atoms with van der Waals surface area (Å²) in [5, 5.41) is 10.7. The van der Waals surface area contributed by atoms with Crippen LogP contribution in [-0.4, -0.2) is 41.4 Å². The maximum Gasteiger partial charge on any atom is 0.245 e. The third-order valence-electron chi connectivity index (χ3n) is 3.78. The molecule has 0 amide bonds. The van der Waals surface area contributed by atoms with E-state index >= 15 is 0 Å². The third kappa shape index (κ3) is 2.86. The molecule has 1 saturated heterocycles. The van der Waals surface area contributed by atoms with Crippen LogP contribution in [0.2, 0.25) is 0 Å². The van der Waals surface area contributed by atoms with Crippen LogP contribution in [0.15, 0.2) is 28.7 Å². The Kier molecular flexibility index (Phi) is 4.03. The van der Waals surface area contributed by atoms with Crippen LogP contribution in [0.5, 0.6) is 0 Å². The van der Waals surface area contributed by atoms with Crippen LogP contribution in [0, 0.1) is 0 Å². The average Bonchev–Trinajstić information content (AvgIpc) is 2.98. The number of rotatable bonds is 3. The Morgan fingerprint density at radius 2 is 1.95 bits per heavy atom. The van der Waals surface area contributed by atoms with Gasteiger partial charge in [-0.2, -0.15) is 4.98 Å². The number of halogens is 1. The second kappa shape index (κ2) is 5.93. The van der Waals surface area contributed by atoms with Gasteiger partial charge in [0.05, 0.1) is 0 Å². The van der Waals surface area contributed by atoms with Crippen molar-refractivity contribution >= 4 is 21.9 Å². The zero-order valence-electron chi connectivity index (χ0n) is 11.4. The van der Waals surface area contributed by atoms with E-state index in [0.717, 1.165) is 47.7 Å². The summed E-state index contributed by atoms with van der Waals surface area (Å²) in [6.45, 7) is 2.01. The second-order valence-electron chi connectivity index (χ2n) is 5.04. The number of hydrogen-bond donors (Lipinski definition) is 2. The molecule has 6 heteroatoms. The number of aromatic amines is 1. The van der Waals surface area contributed by atoms with Crippen LogP contribution >= 0.6 is 15.9 Å². The molecule has 0 atom stereocenters. The number of hydrogen-bond acceptors (Lipinski definition) is 4. The van der Waals surface area contributed by atoms with Crippen molar-refractivity contribution in [3.05, 3.63) is 28.7 Å². The second-order valence-corrected chi connectivity index (χ2v) is 5.96. The molecule has 3 rings (SSSR count). The van der Waals surface area contributed by atoms with Crippen LogP contribution in [0.1, 0.15) is 12.8 Å². The Morgan fingerprint density at radius 1 is 1.25 bits per heavy atom. The number of piperidine rings is 1. The minimum absolute atomic E-state index is 0.621. The highest BCUT2D eigenvalue weighted by molar-refractivity contribution is 9.10. The molecule has 1 aromatic heterocycles. The van der Waals surface area contributed by atoms with Gasteiger partial charge in [-0.1, -0.05) is 28.1 Å². The fourth-order valence-electron chi connectivity index (χ4n) is 2.50. The first kappa shape index (κ1) is 13.6. The van der Waals surface area contributed by atoms with Gasteiger partial charge in [0, 0.05) is 29.2 Å². The summed E-state index contributed by atoms with van der Waals surface area (Å²) in [5.74, 6) is 1.63. The lowest BCUT2D eigenvalue weighted by atomic mass is 10.1. The summed E-state index contributed by atoms with van der Waals surface area (Å²) < 4.78 is 1.06. The predicted molar refractivity (Wildman–Crippen MR) is 83.8 cm³/mol. The van der Waals surface area contributed by atoms with Crippen LogP contribution in [-0.2, 0) is 0 Å². The molecule has 5 nitrogen and oxygen atoms in total. The van der Waals surface area contributed by atoms with E-state index in [0.29, 0.717) is 6.04 Å². The van der Waals surface area contributed by atoms with Crippen LogP contribution in [0.4, 0.5) is 5.95 Å². The van der Waals surface area contributed by atoms with Crippen molar-refractivity contribution in [2.24, 2.45) is 0 Å². The quantitative estimate of drug-likeness (QED) is 0.904. The largest absolute Gasteiger partial charge is 0.339 e. The van der Waals surface area contributed by atoms with E-state index in [1.165, 1.54) is 0 Å². The van der Waals surface area contributed by atoms with Gasteiger partial charge >= 0.3 is 0 Å². The Balaban J connectivity index is 1.72. The van der Waals surface area contributed by atoms with Crippen LogP contribution < -0.4 is 10.2 Å². The smallest absolute Gasteiger partial charge is 0.245 e. The lowest BCUT2D eigenvalue weighted by Gasteiger charge is -2.30. The third-order valence-corrected chi connectivity index (χ3v) is 4.31. The molecule has 0 spiro atoms. The number of aromatic nitrogens is 3. The average molecular weight is 336 g/mol.